The van der Waals surface area contributed by atoms with E-state index in [1.54, 1.807) is 0 Å². The molecular weight excluding hydrogens is 147 g/mol. The third kappa shape index (κ3) is 4.81. The topological polar surface area (TPSA) is 9.23 Å². The van der Waals surface area contributed by atoms with E-state index in [0.29, 0.717) is 12.7 Å². The Morgan fingerprint density at radius 1 is 1.25 bits per heavy atom. The van der Waals surface area contributed by atoms with Crippen molar-refractivity contribution in [1.82, 2.24) is 0 Å². The first-order valence-corrected chi connectivity index (χ1v) is 5.14. The largest absolute Gasteiger partial charge is 0.438 e. The van der Waals surface area contributed by atoms with E-state index in [1.165, 1.54) is 19.2 Å². The molecule has 2 heteroatoms. The van der Waals surface area contributed by atoms with E-state index in [1.807, 2.05) is 7.11 Å². The Bertz CT molecular complexity index is 104. The normalized spacial score (nSPS) is 13.5. The molecule has 0 amide bonds. The van der Waals surface area contributed by atoms with Crippen LogP contribution in [0.15, 0.2) is 0 Å². The maximum Gasteiger partial charge on any atom is 0.295 e. The fourth-order valence-electron chi connectivity index (χ4n) is 1.65. The number of hydrogen-bond acceptors (Lipinski definition) is 1. The minimum absolute atomic E-state index is 0.451. The molecule has 0 fully saturated rings. The third-order valence-corrected chi connectivity index (χ3v) is 2.46. The van der Waals surface area contributed by atoms with E-state index in [0.717, 1.165) is 5.92 Å². The molecule has 0 radical (unpaired) electrons. The first-order chi connectivity index (χ1) is 5.61. The molecule has 0 aromatic heterocycles. The summed E-state index contributed by atoms with van der Waals surface area (Å²) in [5, 5.41) is 0. The van der Waals surface area contributed by atoms with Gasteiger partial charge in [0, 0.05) is 7.11 Å². The summed E-state index contributed by atoms with van der Waals surface area (Å²) in [5.74, 6) is 1.46. The Morgan fingerprint density at radius 2 is 1.83 bits per heavy atom. The van der Waals surface area contributed by atoms with Crippen molar-refractivity contribution in [2.24, 2.45) is 5.92 Å². The van der Waals surface area contributed by atoms with Crippen LogP contribution in [-0.4, -0.2) is 14.0 Å². The fraction of sp³-hybridized carbons (Fsp3) is 1.00. The van der Waals surface area contributed by atoms with Gasteiger partial charge in [-0.3, -0.25) is 0 Å². The lowest BCUT2D eigenvalue weighted by atomic mass is 9.52. The quantitative estimate of drug-likeness (QED) is 0.554. The highest BCUT2D eigenvalue weighted by atomic mass is 16.4. The van der Waals surface area contributed by atoms with Crippen molar-refractivity contribution in [3.8, 4) is 0 Å². The predicted octanol–water partition coefficient (Wildman–Crippen LogP) is 3.47. The van der Waals surface area contributed by atoms with Gasteiger partial charge in [0.05, 0.1) is 0 Å². The number of rotatable bonds is 6. The molecule has 0 spiro atoms. The maximum atomic E-state index is 5.43. The molecule has 0 N–H and O–H groups in total. The van der Waals surface area contributed by atoms with E-state index in [-0.39, 0.29) is 0 Å². The molecule has 0 aliphatic carbocycles. The summed E-state index contributed by atoms with van der Waals surface area (Å²) in [5.41, 5.74) is 0. The summed E-state index contributed by atoms with van der Waals surface area (Å²) in [4.78, 5) is 0. The van der Waals surface area contributed by atoms with Crippen LogP contribution in [0.5, 0.6) is 0 Å². The Labute approximate surface area is 78.0 Å². The second kappa shape index (κ2) is 6.53. The molecule has 12 heavy (non-hydrogen) atoms. The van der Waals surface area contributed by atoms with Crippen molar-refractivity contribution in [3.05, 3.63) is 0 Å². The molecule has 0 bridgehead atoms. The van der Waals surface area contributed by atoms with Crippen molar-refractivity contribution in [3.63, 3.8) is 0 Å². The van der Waals surface area contributed by atoms with Crippen molar-refractivity contribution < 1.29 is 4.65 Å². The zero-order valence-electron chi connectivity index (χ0n) is 9.26. The van der Waals surface area contributed by atoms with Crippen LogP contribution in [0, 0.1) is 5.92 Å². The minimum Gasteiger partial charge on any atom is -0.438 e. The number of hydrogen-bond donors (Lipinski definition) is 0. The van der Waals surface area contributed by atoms with Gasteiger partial charge in [0.1, 0.15) is 0 Å². The molecule has 0 aromatic carbocycles. The smallest absolute Gasteiger partial charge is 0.295 e. The monoisotopic (exact) mass is 170 g/mol. The molecule has 72 valence electrons. The minimum atomic E-state index is 0.451. The lowest BCUT2D eigenvalue weighted by Crippen LogP contribution is -2.22. The molecule has 0 saturated carbocycles. The average molecular weight is 170 g/mol. The van der Waals surface area contributed by atoms with Crippen molar-refractivity contribution in [2.75, 3.05) is 7.11 Å². The molecule has 1 unspecified atom stereocenters. The van der Waals surface area contributed by atoms with Crippen LogP contribution in [0.3, 0.4) is 0 Å². The van der Waals surface area contributed by atoms with E-state index in [2.05, 4.69) is 27.7 Å². The highest BCUT2D eigenvalue weighted by Gasteiger charge is 2.20. The molecule has 0 aliphatic rings. The van der Waals surface area contributed by atoms with Crippen LogP contribution in [0.2, 0.25) is 12.1 Å². The van der Waals surface area contributed by atoms with Crippen LogP contribution in [0.4, 0.5) is 0 Å². The van der Waals surface area contributed by atoms with Gasteiger partial charge in [0.15, 0.2) is 0 Å². The molecular formula is C10H23BO. The summed E-state index contributed by atoms with van der Waals surface area (Å²) in [6.07, 6.45) is 3.82. The lowest BCUT2D eigenvalue weighted by molar-refractivity contribution is 0.396. The third-order valence-electron chi connectivity index (χ3n) is 2.46. The average Bonchev–Trinajstić information content (AvgIpc) is 2.00. The first-order valence-electron chi connectivity index (χ1n) is 5.14. The van der Waals surface area contributed by atoms with Gasteiger partial charge in [-0.1, -0.05) is 40.5 Å². The van der Waals surface area contributed by atoms with E-state index < -0.39 is 0 Å². The molecule has 1 atom stereocenters. The zero-order valence-corrected chi connectivity index (χ0v) is 9.26. The highest BCUT2D eigenvalue weighted by molar-refractivity contribution is 6.53. The van der Waals surface area contributed by atoms with Crippen molar-refractivity contribution >= 4 is 6.92 Å². The van der Waals surface area contributed by atoms with Crippen LogP contribution in [0.25, 0.3) is 0 Å². The maximum absolute atomic E-state index is 5.43. The molecule has 0 aromatic rings. The Balaban J connectivity index is 3.69. The molecule has 0 saturated heterocycles. The molecule has 0 heterocycles. The second-order valence-corrected chi connectivity index (χ2v) is 4.15. The van der Waals surface area contributed by atoms with E-state index >= 15 is 0 Å². The van der Waals surface area contributed by atoms with Crippen LogP contribution in [0.1, 0.15) is 40.5 Å². The molecule has 1 nitrogen and oxygen atoms in total. The van der Waals surface area contributed by atoms with Crippen LogP contribution >= 0.6 is 0 Å². The van der Waals surface area contributed by atoms with Gasteiger partial charge in [0.25, 0.3) is 6.92 Å². The Hall–Kier alpha value is 0.0249. The van der Waals surface area contributed by atoms with E-state index in [4.69, 9.17) is 4.65 Å². The van der Waals surface area contributed by atoms with Gasteiger partial charge in [-0.25, -0.2) is 0 Å². The zero-order chi connectivity index (χ0) is 9.56. The molecule has 0 rings (SSSR count). The Morgan fingerprint density at radius 3 is 2.17 bits per heavy atom. The van der Waals surface area contributed by atoms with E-state index in [9.17, 15) is 0 Å². The van der Waals surface area contributed by atoms with Gasteiger partial charge in [-0.05, 0) is 18.1 Å². The first kappa shape index (κ1) is 12.0. The van der Waals surface area contributed by atoms with Gasteiger partial charge in [0.2, 0.25) is 0 Å². The van der Waals surface area contributed by atoms with Crippen LogP contribution < -0.4 is 0 Å². The van der Waals surface area contributed by atoms with Crippen molar-refractivity contribution in [2.45, 2.75) is 52.7 Å². The standard InChI is InChI=1S/C10H23BO/c1-6-7-10(4)8-11(12-5)9(2)3/h9-10H,6-8H2,1-5H3. The van der Waals surface area contributed by atoms with Gasteiger partial charge in [-0.15, -0.1) is 0 Å². The van der Waals surface area contributed by atoms with Gasteiger partial charge < -0.3 is 4.65 Å². The lowest BCUT2D eigenvalue weighted by Gasteiger charge is -2.18. The second-order valence-electron chi connectivity index (χ2n) is 4.15. The summed E-state index contributed by atoms with van der Waals surface area (Å²) in [6.45, 7) is 9.47. The molecule has 0 aliphatic heterocycles. The summed E-state index contributed by atoms with van der Waals surface area (Å²) in [7, 11) is 1.82. The summed E-state index contributed by atoms with van der Waals surface area (Å²) >= 11 is 0. The van der Waals surface area contributed by atoms with Gasteiger partial charge >= 0.3 is 0 Å². The SMILES string of the molecule is CCCC(C)CB(OC)C(C)C. The predicted molar refractivity (Wildman–Crippen MR) is 56.7 cm³/mol. The Kier molecular flexibility index (Phi) is 6.54. The fourth-order valence-corrected chi connectivity index (χ4v) is 1.65. The van der Waals surface area contributed by atoms with Crippen LogP contribution in [-0.2, 0) is 4.65 Å². The van der Waals surface area contributed by atoms with Crippen molar-refractivity contribution in [1.29, 1.82) is 0 Å². The summed E-state index contributed by atoms with van der Waals surface area (Å²) in [6, 6.07) is 0. The highest BCUT2D eigenvalue weighted by Crippen LogP contribution is 2.20. The van der Waals surface area contributed by atoms with Gasteiger partial charge in [-0.2, -0.15) is 0 Å². The summed E-state index contributed by atoms with van der Waals surface area (Å²) < 4.78 is 5.43.